The molecule has 156 valence electrons. The van der Waals surface area contributed by atoms with Gasteiger partial charge in [0.2, 0.25) is 0 Å². The number of aromatic nitrogens is 1. The number of phenols is 1. The van der Waals surface area contributed by atoms with Crippen LogP contribution in [-0.4, -0.2) is 21.8 Å². The van der Waals surface area contributed by atoms with Gasteiger partial charge >= 0.3 is 0 Å². The molecule has 2 N–H and O–H groups in total. The molecule has 0 aliphatic heterocycles. The van der Waals surface area contributed by atoms with Gasteiger partial charge in [0.05, 0.1) is 21.3 Å². The van der Waals surface area contributed by atoms with E-state index in [9.17, 15) is 9.90 Å². The summed E-state index contributed by atoms with van der Waals surface area (Å²) in [7, 11) is 0. The standard InChI is InChI=1S/C23H16Cl3N3O2/c24-18-6-4-14(10-19(18)25)13-29-9-8-17-16(2-1-3-21(17)29)12-27-28-23(31)15-5-7-22(30)20(26)11-15/h1-12,30H,13H2,(H,28,31). The first kappa shape index (κ1) is 21.2. The predicted molar refractivity (Wildman–Crippen MR) is 126 cm³/mol. The lowest BCUT2D eigenvalue weighted by Gasteiger charge is -2.07. The molecule has 1 heterocycles. The minimum absolute atomic E-state index is 0.0845. The number of carbonyl (C=O) groups excluding carboxylic acids is 1. The monoisotopic (exact) mass is 471 g/mol. The highest BCUT2D eigenvalue weighted by Crippen LogP contribution is 2.25. The first-order chi connectivity index (χ1) is 14.9. The van der Waals surface area contributed by atoms with Crippen molar-refractivity contribution in [3.8, 4) is 5.75 Å². The van der Waals surface area contributed by atoms with Crippen LogP contribution in [0, 0.1) is 0 Å². The Morgan fingerprint density at radius 1 is 1.00 bits per heavy atom. The molecule has 4 aromatic rings. The zero-order valence-corrected chi connectivity index (χ0v) is 18.3. The minimum atomic E-state index is -0.428. The summed E-state index contributed by atoms with van der Waals surface area (Å²) >= 11 is 18.0. The Bertz CT molecular complexity index is 1310. The summed E-state index contributed by atoms with van der Waals surface area (Å²) < 4.78 is 2.10. The van der Waals surface area contributed by atoms with Gasteiger partial charge in [-0.1, -0.05) is 53.0 Å². The van der Waals surface area contributed by atoms with Crippen molar-refractivity contribution in [2.45, 2.75) is 6.54 Å². The van der Waals surface area contributed by atoms with Crippen LogP contribution < -0.4 is 5.43 Å². The third kappa shape index (κ3) is 4.69. The molecule has 0 fully saturated rings. The maximum atomic E-state index is 12.2. The van der Waals surface area contributed by atoms with Gasteiger partial charge < -0.3 is 9.67 Å². The quantitative estimate of drug-likeness (QED) is 0.271. The lowest BCUT2D eigenvalue weighted by molar-refractivity contribution is 0.0955. The molecule has 0 bridgehead atoms. The number of hydrogen-bond acceptors (Lipinski definition) is 3. The maximum absolute atomic E-state index is 12.2. The van der Waals surface area contributed by atoms with Gasteiger partial charge in [0.1, 0.15) is 5.75 Å². The zero-order valence-electron chi connectivity index (χ0n) is 16.0. The van der Waals surface area contributed by atoms with Crippen LogP contribution in [0.25, 0.3) is 10.9 Å². The number of rotatable bonds is 5. The van der Waals surface area contributed by atoms with E-state index in [2.05, 4.69) is 15.1 Å². The number of fused-ring (bicyclic) bond motifs is 1. The molecule has 0 saturated heterocycles. The lowest BCUT2D eigenvalue weighted by atomic mass is 10.1. The Morgan fingerprint density at radius 2 is 1.84 bits per heavy atom. The zero-order chi connectivity index (χ0) is 22.0. The molecular weight excluding hydrogens is 457 g/mol. The fourth-order valence-corrected chi connectivity index (χ4v) is 3.71. The normalized spacial score (nSPS) is 11.3. The number of nitrogens with one attached hydrogen (secondary N) is 1. The number of aromatic hydroxyl groups is 1. The van der Waals surface area contributed by atoms with E-state index >= 15 is 0 Å². The van der Waals surface area contributed by atoms with Crippen molar-refractivity contribution >= 4 is 57.8 Å². The number of hydrogen-bond donors (Lipinski definition) is 2. The number of carbonyl (C=O) groups is 1. The summed E-state index contributed by atoms with van der Waals surface area (Å²) in [5, 5.41) is 15.7. The third-order valence-electron chi connectivity index (χ3n) is 4.76. The number of nitrogens with zero attached hydrogens (tertiary/aromatic N) is 2. The molecule has 0 atom stereocenters. The summed E-state index contributed by atoms with van der Waals surface area (Å²) in [5.41, 5.74) is 5.68. The molecule has 0 unspecified atom stereocenters. The van der Waals surface area contributed by atoms with E-state index in [1.807, 2.05) is 42.6 Å². The second kappa shape index (κ2) is 9.02. The van der Waals surface area contributed by atoms with Crippen molar-refractivity contribution in [3.05, 3.63) is 98.6 Å². The fraction of sp³-hybridized carbons (Fsp3) is 0.0435. The summed E-state index contributed by atoms with van der Waals surface area (Å²) in [6.45, 7) is 0.638. The first-order valence-corrected chi connectivity index (χ1v) is 10.4. The van der Waals surface area contributed by atoms with Gasteiger partial charge in [-0.15, -0.1) is 0 Å². The van der Waals surface area contributed by atoms with Gasteiger partial charge in [0.15, 0.2) is 0 Å². The molecule has 0 aliphatic carbocycles. The molecule has 0 spiro atoms. The topological polar surface area (TPSA) is 66.6 Å². The maximum Gasteiger partial charge on any atom is 0.271 e. The van der Waals surface area contributed by atoms with Crippen LogP contribution >= 0.6 is 34.8 Å². The Hall–Kier alpha value is -2.99. The number of benzene rings is 3. The smallest absolute Gasteiger partial charge is 0.271 e. The summed E-state index contributed by atoms with van der Waals surface area (Å²) in [4.78, 5) is 12.2. The highest BCUT2D eigenvalue weighted by molar-refractivity contribution is 6.42. The Kier molecular flexibility index (Phi) is 6.18. The van der Waals surface area contributed by atoms with E-state index in [-0.39, 0.29) is 10.8 Å². The van der Waals surface area contributed by atoms with E-state index in [4.69, 9.17) is 34.8 Å². The van der Waals surface area contributed by atoms with Crippen LogP contribution in [0.15, 0.2) is 72.0 Å². The fourth-order valence-electron chi connectivity index (χ4n) is 3.21. The Morgan fingerprint density at radius 3 is 2.61 bits per heavy atom. The van der Waals surface area contributed by atoms with Crippen LogP contribution in [0.2, 0.25) is 15.1 Å². The molecule has 5 nitrogen and oxygen atoms in total. The summed E-state index contributed by atoms with van der Waals surface area (Å²) in [6.07, 6.45) is 3.58. The van der Waals surface area contributed by atoms with Gasteiger partial charge in [-0.3, -0.25) is 4.79 Å². The molecule has 8 heteroatoms. The Labute approximate surface area is 193 Å². The molecule has 4 rings (SSSR count). The number of phenolic OH excluding ortho intramolecular Hbond substituents is 1. The Balaban J connectivity index is 1.52. The van der Waals surface area contributed by atoms with Crippen LogP contribution in [-0.2, 0) is 6.54 Å². The molecule has 0 radical (unpaired) electrons. The molecule has 0 aliphatic rings. The van der Waals surface area contributed by atoms with Crippen LogP contribution in [0.3, 0.4) is 0 Å². The minimum Gasteiger partial charge on any atom is -0.506 e. The number of amides is 1. The molecule has 0 saturated carbocycles. The second-order valence-corrected chi connectivity index (χ2v) is 8.06. The highest BCUT2D eigenvalue weighted by Gasteiger charge is 2.09. The second-order valence-electron chi connectivity index (χ2n) is 6.84. The van der Waals surface area contributed by atoms with Crippen molar-refractivity contribution in [2.24, 2.45) is 5.10 Å². The van der Waals surface area contributed by atoms with Gasteiger partial charge in [-0.2, -0.15) is 5.10 Å². The molecule has 31 heavy (non-hydrogen) atoms. The SMILES string of the molecule is O=C(NN=Cc1cccc2c1ccn2Cc1ccc(Cl)c(Cl)c1)c1ccc(O)c(Cl)c1. The van der Waals surface area contributed by atoms with E-state index in [0.29, 0.717) is 22.2 Å². The van der Waals surface area contributed by atoms with E-state index in [1.165, 1.54) is 18.2 Å². The molecule has 1 amide bonds. The van der Waals surface area contributed by atoms with Crippen LogP contribution in [0.5, 0.6) is 5.75 Å². The van der Waals surface area contributed by atoms with Gasteiger partial charge in [-0.25, -0.2) is 5.43 Å². The average molecular weight is 473 g/mol. The summed E-state index contributed by atoms with van der Waals surface area (Å²) in [5.74, 6) is -0.513. The number of hydrazone groups is 1. The van der Waals surface area contributed by atoms with Gasteiger partial charge in [-0.05, 0) is 48.0 Å². The average Bonchev–Trinajstić information content (AvgIpc) is 3.16. The largest absolute Gasteiger partial charge is 0.506 e. The first-order valence-electron chi connectivity index (χ1n) is 9.26. The highest BCUT2D eigenvalue weighted by atomic mass is 35.5. The van der Waals surface area contributed by atoms with Crippen LogP contribution in [0.1, 0.15) is 21.5 Å². The molecule has 3 aromatic carbocycles. The number of halogens is 3. The summed E-state index contributed by atoms with van der Waals surface area (Å²) in [6, 6.07) is 17.6. The molecule has 1 aromatic heterocycles. The predicted octanol–water partition coefficient (Wildman–Crippen LogP) is 6.12. The van der Waals surface area contributed by atoms with Crippen molar-refractivity contribution in [3.63, 3.8) is 0 Å². The van der Waals surface area contributed by atoms with E-state index < -0.39 is 5.91 Å². The van der Waals surface area contributed by atoms with Crippen molar-refractivity contribution in [1.82, 2.24) is 9.99 Å². The van der Waals surface area contributed by atoms with Gasteiger partial charge in [0.25, 0.3) is 5.91 Å². The van der Waals surface area contributed by atoms with Crippen LogP contribution in [0.4, 0.5) is 0 Å². The molecular formula is C23H16Cl3N3O2. The van der Waals surface area contributed by atoms with Crippen molar-refractivity contribution in [2.75, 3.05) is 0 Å². The van der Waals surface area contributed by atoms with Crippen molar-refractivity contribution < 1.29 is 9.90 Å². The third-order valence-corrected chi connectivity index (χ3v) is 5.81. The van der Waals surface area contributed by atoms with E-state index in [0.717, 1.165) is 22.0 Å². The van der Waals surface area contributed by atoms with Gasteiger partial charge in [0, 0.05) is 34.8 Å². The van der Waals surface area contributed by atoms with Crippen molar-refractivity contribution in [1.29, 1.82) is 0 Å². The van der Waals surface area contributed by atoms with E-state index in [1.54, 1.807) is 12.3 Å². The lowest BCUT2D eigenvalue weighted by Crippen LogP contribution is -2.17.